The molecule has 92 valence electrons. The molecule has 0 saturated heterocycles. The molecule has 17 heavy (non-hydrogen) atoms. The molecule has 0 atom stereocenters. The van der Waals surface area contributed by atoms with Gasteiger partial charge in [-0.15, -0.1) is 0 Å². The topological polar surface area (TPSA) is 130 Å². The summed E-state index contributed by atoms with van der Waals surface area (Å²) in [5.41, 5.74) is 0.0688. The highest BCUT2D eigenvalue weighted by molar-refractivity contribution is 7.46. The smallest absolute Gasteiger partial charge is 0.449 e. The third-order valence-electron chi connectivity index (χ3n) is 1.52. The van der Waals surface area contributed by atoms with Crippen LogP contribution in [0.3, 0.4) is 0 Å². The van der Waals surface area contributed by atoms with Gasteiger partial charge in [-0.2, -0.15) is 0 Å². The molecule has 3 N–H and O–H groups in total. The van der Waals surface area contributed by atoms with E-state index < -0.39 is 25.5 Å². The fraction of sp³-hybridized carbons (Fsp3) is 0. The highest BCUT2D eigenvalue weighted by Gasteiger charge is 2.20. The van der Waals surface area contributed by atoms with Crippen LogP contribution in [0, 0.1) is 0 Å². The standard InChI is InChI=1S/C8H7O8P/c9-4-5-1-2-6(16-17(12,13)14)7(3-5)15-8(10)11/h1-4H,(H,10,11)(H2,12,13,14). The van der Waals surface area contributed by atoms with E-state index in [1.54, 1.807) is 0 Å². The zero-order valence-electron chi connectivity index (χ0n) is 8.14. The molecule has 0 fully saturated rings. The Bertz CT molecular complexity index is 490. The van der Waals surface area contributed by atoms with Gasteiger partial charge in [0.2, 0.25) is 0 Å². The molecule has 0 aliphatic rings. The second-order valence-electron chi connectivity index (χ2n) is 2.77. The maximum absolute atomic E-state index is 10.6. The molecule has 0 spiro atoms. The Labute approximate surface area is 94.6 Å². The number of hydrogen-bond donors (Lipinski definition) is 3. The number of phosphoric acid groups is 1. The third kappa shape index (κ3) is 4.23. The van der Waals surface area contributed by atoms with Crippen LogP contribution in [0.2, 0.25) is 0 Å². The summed E-state index contributed by atoms with van der Waals surface area (Å²) < 4.78 is 19.0. The van der Waals surface area contributed by atoms with Gasteiger partial charge in [0, 0.05) is 5.56 Å². The molecule has 0 aliphatic heterocycles. The highest BCUT2D eigenvalue weighted by atomic mass is 31.2. The quantitative estimate of drug-likeness (QED) is 0.317. The predicted octanol–water partition coefficient (Wildman–Crippen LogP) is 1.03. The van der Waals surface area contributed by atoms with Gasteiger partial charge in [-0.3, -0.25) is 14.6 Å². The van der Waals surface area contributed by atoms with Crippen LogP contribution >= 0.6 is 7.82 Å². The maximum Gasteiger partial charge on any atom is 0.524 e. The fourth-order valence-electron chi connectivity index (χ4n) is 0.975. The summed E-state index contributed by atoms with van der Waals surface area (Å²) in [6.45, 7) is 0. The number of aldehydes is 1. The van der Waals surface area contributed by atoms with Gasteiger partial charge in [-0.25, -0.2) is 9.36 Å². The van der Waals surface area contributed by atoms with Gasteiger partial charge in [0.15, 0.2) is 11.5 Å². The van der Waals surface area contributed by atoms with E-state index in [0.29, 0.717) is 6.29 Å². The molecule has 0 aliphatic carbocycles. The molecule has 0 heterocycles. The Morgan fingerprint density at radius 1 is 1.29 bits per heavy atom. The number of benzene rings is 1. The number of carboxylic acid groups (broad SMARTS) is 1. The normalized spacial score (nSPS) is 10.7. The van der Waals surface area contributed by atoms with Crippen molar-refractivity contribution in [2.75, 3.05) is 0 Å². The molecule has 0 saturated carbocycles. The summed E-state index contributed by atoms with van der Waals surface area (Å²) in [5.74, 6) is -0.961. The van der Waals surface area contributed by atoms with Crippen LogP contribution in [0.25, 0.3) is 0 Å². The lowest BCUT2D eigenvalue weighted by atomic mass is 10.2. The monoisotopic (exact) mass is 262 g/mol. The van der Waals surface area contributed by atoms with E-state index in [9.17, 15) is 14.2 Å². The van der Waals surface area contributed by atoms with E-state index in [0.717, 1.165) is 12.1 Å². The molecule has 1 aromatic rings. The summed E-state index contributed by atoms with van der Waals surface area (Å²) >= 11 is 0. The molecule has 9 heteroatoms. The first kappa shape index (κ1) is 13.2. The molecule has 0 aromatic heterocycles. The minimum Gasteiger partial charge on any atom is -0.449 e. The SMILES string of the molecule is O=Cc1ccc(OP(=O)(O)O)c(OC(=O)O)c1. The minimum atomic E-state index is -4.84. The van der Waals surface area contributed by atoms with Crippen molar-refractivity contribution in [2.24, 2.45) is 0 Å². The Morgan fingerprint density at radius 3 is 2.41 bits per heavy atom. The van der Waals surface area contributed by atoms with Crippen molar-refractivity contribution in [3.05, 3.63) is 23.8 Å². The van der Waals surface area contributed by atoms with Crippen molar-refractivity contribution in [3.63, 3.8) is 0 Å². The number of ether oxygens (including phenoxy) is 1. The first-order valence-electron chi connectivity index (χ1n) is 4.07. The van der Waals surface area contributed by atoms with Gasteiger partial charge in [-0.05, 0) is 18.2 Å². The van der Waals surface area contributed by atoms with Gasteiger partial charge < -0.3 is 14.4 Å². The lowest BCUT2D eigenvalue weighted by Gasteiger charge is -2.10. The van der Waals surface area contributed by atoms with Gasteiger partial charge in [0.1, 0.15) is 6.29 Å². The molecule has 0 bridgehead atoms. The zero-order valence-corrected chi connectivity index (χ0v) is 9.03. The van der Waals surface area contributed by atoms with Crippen LogP contribution in [0.4, 0.5) is 4.79 Å². The predicted molar refractivity (Wildman–Crippen MR) is 53.2 cm³/mol. The molecule has 0 radical (unpaired) electrons. The van der Waals surface area contributed by atoms with Crippen molar-refractivity contribution < 1.29 is 38.3 Å². The third-order valence-corrected chi connectivity index (χ3v) is 1.95. The first-order chi connectivity index (χ1) is 7.81. The average molecular weight is 262 g/mol. The van der Waals surface area contributed by atoms with Gasteiger partial charge in [-0.1, -0.05) is 0 Å². The molecular formula is C8H7O8P. The Kier molecular flexibility index (Phi) is 3.84. The van der Waals surface area contributed by atoms with Crippen molar-refractivity contribution in [3.8, 4) is 11.5 Å². The minimum absolute atomic E-state index is 0.0688. The lowest BCUT2D eigenvalue weighted by molar-refractivity contribution is 0.112. The number of carbonyl (C=O) groups is 2. The van der Waals surface area contributed by atoms with Gasteiger partial charge >= 0.3 is 14.0 Å². The van der Waals surface area contributed by atoms with Gasteiger partial charge in [0.25, 0.3) is 0 Å². The molecule has 0 unspecified atom stereocenters. The summed E-state index contributed by atoms with van der Waals surface area (Å²) in [6, 6.07) is 3.18. The summed E-state index contributed by atoms with van der Waals surface area (Å²) in [6.07, 6.45) is -1.29. The maximum atomic E-state index is 10.6. The van der Waals surface area contributed by atoms with E-state index >= 15 is 0 Å². The van der Waals surface area contributed by atoms with Crippen LogP contribution in [0.15, 0.2) is 18.2 Å². The Balaban J connectivity index is 3.14. The van der Waals surface area contributed by atoms with Crippen molar-refractivity contribution >= 4 is 20.3 Å². The second-order valence-corrected chi connectivity index (χ2v) is 3.94. The Morgan fingerprint density at radius 2 is 1.94 bits per heavy atom. The van der Waals surface area contributed by atoms with Crippen molar-refractivity contribution in [1.29, 1.82) is 0 Å². The van der Waals surface area contributed by atoms with Crippen molar-refractivity contribution in [2.45, 2.75) is 0 Å². The van der Waals surface area contributed by atoms with Crippen LogP contribution in [-0.2, 0) is 4.57 Å². The lowest BCUT2D eigenvalue weighted by Crippen LogP contribution is -2.05. The summed E-state index contributed by atoms with van der Waals surface area (Å²) in [5, 5.41) is 8.39. The van der Waals surface area contributed by atoms with Gasteiger partial charge in [0.05, 0.1) is 0 Å². The number of rotatable bonds is 4. The van der Waals surface area contributed by atoms with E-state index in [-0.39, 0.29) is 5.56 Å². The fourth-order valence-corrected chi connectivity index (χ4v) is 1.38. The Hall–Kier alpha value is -1.89. The summed E-state index contributed by atoms with van der Waals surface area (Å²) in [4.78, 5) is 37.9. The molecule has 1 rings (SSSR count). The van der Waals surface area contributed by atoms with Crippen LogP contribution < -0.4 is 9.26 Å². The van der Waals surface area contributed by atoms with E-state index in [1.165, 1.54) is 6.07 Å². The van der Waals surface area contributed by atoms with E-state index in [2.05, 4.69) is 9.26 Å². The van der Waals surface area contributed by atoms with Crippen molar-refractivity contribution in [1.82, 2.24) is 0 Å². The van der Waals surface area contributed by atoms with Crippen LogP contribution in [-0.4, -0.2) is 27.3 Å². The number of phosphoric ester groups is 1. The van der Waals surface area contributed by atoms with E-state index in [1.807, 2.05) is 0 Å². The molecular weight excluding hydrogens is 255 g/mol. The average Bonchev–Trinajstić information content (AvgIpc) is 2.17. The van der Waals surface area contributed by atoms with Crippen LogP contribution in [0.1, 0.15) is 10.4 Å². The first-order valence-corrected chi connectivity index (χ1v) is 5.60. The second kappa shape index (κ2) is 4.96. The molecule has 8 nitrogen and oxygen atoms in total. The summed E-state index contributed by atoms with van der Waals surface area (Å²) in [7, 11) is -4.84. The largest absolute Gasteiger partial charge is 0.524 e. The molecule has 0 amide bonds. The highest BCUT2D eigenvalue weighted by Crippen LogP contribution is 2.42. The molecule has 1 aromatic carbocycles. The zero-order chi connectivity index (χ0) is 13.1. The number of carbonyl (C=O) groups excluding carboxylic acids is 1. The van der Waals surface area contributed by atoms with E-state index in [4.69, 9.17) is 14.9 Å². The number of hydrogen-bond acceptors (Lipinski definition) is 5. The van der Waals surface area contributed by atoms with Crippen LogP contribution in [0.5, 0.6) is 11.5 Å².